The number of hydrogen-bond donors (Lipinski definition) is 4. The number of ether oxygens (including phenoxy) is 2. The Morgan fingerprint density at radius 3 is 2.43 bits per heavy atom. The number of nitrogens with zero attached hydrogens (tertiary/aromatic N) is 1. The van der Waals surface area contributed by atoms with Crippen LogP contribution in [-0.2, 0) is 14.3 Å². The van der Waals surface area contributed by atoms with Crippen molar-refractivity contribution >= 4 is 12.1 Å². The molecule has 1 amide bonds. The summed E-state index contributed by atoms with van der Waals surface area (Å²) in [5.74, 6) is -1.94. The van der Waals surface area contributed by atoms with Gasteiger partial charge in [-0.25, -0.2) is 20.4 Å². The monoisotopic (exact) mass is 330 g/mol. The molecule has 0 aromatic rings. The number of piperidine rings is 1. The molecule has 0 radical (unpaired) electrons. The van der Waals surface area contributed by atoms with Gasteiger partial charge in [-0.05, 0) is 40.5 Å². The highest BCUT2D eigenvalue weighted by molar-refractivity contribution is 5.72. The Hall–Kier alpha value is -1.42. The van der Waals surface area contributed by atoms with Crippen LogP contribution in [-0.4, -0.2) is 58.9 Å². The SMILES string of the molecule is CC(C)(C)OC(=O)NC1CCN(C2(C)NNC(C(=O)O)O2)CC1. The molecule has 2 aliphatic heterocycles. The van der Waals surface area contributed by atoms with E-state index < -0.39 is 29.7 Å². The Labute approximate surface area is 135 Å². The Bertz CT molecular complexity index is 459. The van der Waals surface area contributed by atoms with Gasteiger partial charge in [0.25, 0.3) is 0 Å². The van der Waals surface area contributed by atoms with Crippen LogP contribution in [0.1, 0.15) is 40.5 Å². The van der Waals surface area contributed by atoms with E-state index in [-0.39, 0.29) is 6.04 Å². The second-order valence-electron chi connectivity index (χ2n) is 7.00. The van der Waals surface area contributed by atoms with E-state index in [1.165, 1.54) is 0 Å². The van der Waals surface area contributed by atoms with Gasteiger partial charge >= 0.3 is 12.1 Å². The molecule has 2 aliphatic rings. The zero-order valence-corrected chi connectivity index (χ0v) is 14.0. The molecule has 0 aromatic heterocycles. The summed E-state index contributed by atoms with van der Waals surface area (Å²) in [6, 6.07) is 0.0364. The van der Waals surface area contributed by atoms with Crippen LogP contribution in [0.2, 0.25) is 0 Å². The van der Waals surface area contributed by atoms with Crippen LogP contribution in [0.3, 0.4) is 0 Å². The lowest BCUT2D eigenvalue weighted by atomic mass is 10.0. The highest BCUT2D eigenvalue weighted by atomic mass is 16.6. The first-order valence-electron chi connectivity index (χ1n) is 7.77. The molecule has 132 valence electrons. The lowest BCUT2D eigenvalue weighted by molar-refractivity contribution is -0.177. The van der Waals surface area contributed by atoms with Gasteiger partial charge in [-0.15, -0.1) is 0 Å². The molecule has 23 heavy (non-hydrogen) atoms. The number of amides is 1. The summed E-state index contributed by atoms with van der Waals surface area (Å²) in [7, 11) is 0. The van der Waals surface area contributed by atoms with Crippen molar-refractivity contribution in [2.45, 2.75) is 64.3 Å². The number of aliphatic carboxylic acids is 1. The van der Waals surface area contributed by atoms with Gasteiger partial charge in [0.2, 0.25) is 6.23 Å². The number of carbonyl (C=O) groups is 2. The van der Waals surface area contributed by atoms with Crippen LogP contribution < -0.4 is 16.2 Å². The molecule has 0 spiro atoms. The van der Waals surface area contributed by atoms with Crippen LogP contribution >= 0.6 is 0 Å². The second-order valence-corrected chi connectivity index (χ2v) is 7.00. The Morgan fingerprint density at radius 1 is 1.35 bits per heavy atom. The lowest BCUT2D eigenvalue weighted by Crippen LogP contribution is -2.60. The Kier molecular flexibility index (Phi) is 5.14. The van der Waals surface area contributed by atoms with Gasteiger partial charge in [0.15, 0.2) is 5.85 Å². The summed E-state index contributed by atoms with van der Waals surface area (Å²) in [6.45, 7) is 8.58. The number of carbonyl (C=O) groups excluding carboxylic acids is 1. The molecular formula is C14H26N4O5. The normalized spacial score (nSPS) is 30.2. The second kappa shape index (κ2) is 6.60. The number of carboxylic acids is 1. The van der Waals surface area contributed by atoms with Gasteiger partial charge in [0.1, 0.15) is 5.60 Å². The van der Waals surface area contributed by atoms with Crippen molar-refractivity contribution in [1.29, 1.82) is 0 Å². The highest BCUT2D eigenvalue weighted by Crippen LogP contribution is 2.24. The molecule has 2 saturated heterocycles. The molecule has 0 aromatic carbocycles. The van der Waals surface area contributed by atoms with E-state index in [4.69, 9.17) is 14.6 Å². The third-order valence-corrected chi connectivity index (χ3v) is 3.83. The maximum absolute atomic E-state index is 11.8. The standard InChI is InChI=1S/C14H26N4O5/c1-13(2,3)23-12(21)15-9-5-7-18(8-6-9)14(4)17-16-10(22-14)11(19)20/h9-10,16-17H,5-8H2,1-4H3,(H,15,21)(H,19,20). The summed E-state index contributed by atoms with van der Waals surface area (Å²) >= 11 is 0. The third-order valence-electron chi connectivity index (χ3n) is 3.83. The molecular weight excluding hydrogens is 304 g/mol. The predicted molar refractivity (Wildman–Crippen MR) is 81.1 cm³/mol. The van der Waals surface area contributed by atoms with Gasteiger partial charge < -0.3 is 19.9 Å². The fraction of sp³-hybridized carbons (Fsp3) is 0.857. The van der Waals surface area contributed by atoms with Crippen molar-refractivity contribution < 1.29 is 24.2 Å². The quantitative estimate of drug-likeness (QED) is 0.580. The largest absolute Gasteiger partial charge is 0.478 e. The highest BCUT2D eigenvalue weighted by Gasteiger charge is 2.44. The molecule has 2 unspecified atom stereocenters. The average Bonchev–Trinajstić information content (AvgIpc) is 2.81. The van der Waals surface area contributed by atoms with Crippen molar-refractivity contribution in [3.63, 3.8) is 0 Å². The van der Waals surface area contributed by atoms with E-state index in [2.05, 4.69) is 16.2 Å². The first-order chi connectivity index (χ1) is 10.6. The number of hydrazine groups is 1. The van der Waals surface area contributed by atoms with Gasteiger partial charge in [-0.2, -0.15) is 0 Å². The molecule has 2 fully saturated rings. The molecule has 2 rings (SSSR count). The average molecular weight is 330 g/mol. The minimum Gasteiger partial charge on any atom is -0.478 e. The molecule has 4 N–H and O–H groups in total. The first-order valence-corrected chi connectivity index (χ1v) is 7.77. The minimum absolute atomic E-state index is 0.0364. The number of likely N-dealkylation sites (tertiary alicyclic amines) is 1. The summed E-state index contributed by atoms with van der Waals surface area (Å²) in [6.07, 6.45) is -0.0162. The molecule has 0 bridgehead atoms. The van der Waals surface area contributed by atoms with Crippen LogP contribution in [0.25, 0.3) is 0 Å². The number of alkyl carbamates (subject to hydrolysis) is 1. The third kappa shape index (κ3) is 4.77. The van der Waals surface area contributed by atoms with E-state index in [0.717, 1.165) is 12.8 Å². The van der Waals surface area contributed by atoms with Crippen molar-refractivity contribution in [1.82, 2.24) is 21.1 Å². The zero-order chi connectivity index (χ0) is 17.3. The van der Waals surface area contributed by atoms with E-state index in [0.29, 0.717) is 13.1 Å². The number of hydrogen-bond acceptors (Lipinski definition) is 7. The topological polar surface area (TPSA) is 112 Å². The smallest absolute Gasteiger partial charge is 0.407 e. The molecule has 0 saturated carbocycles. The van der Waals surface area contributed by atoms with Crippen LogP contribution in [0.15, 0.2) is 0 Å². The van der Waals surface area contributed by atoms with Crippen molar-refractivity contribution in [2.24, 2.45) is 0 Å². The van der Waals surface area contributed by atoms with E-state index in [1.807, 2.05) is 25.7 Å². The lowest BCUT2D eigenvalue weighted by Gasteiger charge is -2.41. The van der Waals surface area contributed by atoms with Crippen LogP contribution in [0.4, 0.5) is 4.79 Å². The molecule has 2 atom stereocenters. The zero-order valence-electron chi connectivity index (χ0n) is 14.0. The fourth-order valence-corrected chi connectivity index (χ4v) is 2.68. The Balaban J connectivity index is 1.80. The van der Waals surface area contributed by atoms with E-state index >= 15 is 0 Å². The van der Waals surface area contributed by atoms with E-state index in [1.54, 1.807) is 6.92 Å². The molecule has 9 heteroatoms. The van der Waals surface area contributed by atoms with E-state index in [9.17, 15) is 9.59 Å². The molecule has 0 aliphatic carbocycles. The summed E-state index contributed by atoms with van der Waals surface area (Å²) in [5.41, 5.74) is 4.98. The van der Waals surface area contributed by atoms with Gasteiger partial charge in [0.05, 0.1) is 0 Å². The van der Waals surface area contributed by atoms with Gasteiger partial charge in [-0.3, -0.25) is 4.90 Å². The first kappa shape index (κ1) is 17.9. The van der Waals surface area contributed by atoms with Crippen LogP contribution in [0.5, 0.6) is 0 Å². The number of rotatable bonds is 3. The molecule has 2 heterocycles. The minimum atomic E-state index is -1.07. The summed E-state index contributed by atoms with van der Waals surface area (Å²) in [4.78, 5) is 24.7. The number of nitrogens with one attached hydrogen (secondary N) is 3. The van der Waals surface area contributed by atoms with Crippen molar-refractivity contribution in [3.8, 4) is 0 Å². The van der Waals surface area contributed by atoms with Crippen LogP contribution in [0, 0.1) is 0 Å². The maximum atomic E-state index is 11.8. The van der Waals surface area contributed by atoms with Gasteiger partial charge in [0, 0.05) is 19.1 Å². The maximum Gasteiger partial charge on any atom is 0.407 e. The fourth-order valence-electron chi connectivity index (χ4n) is 2.68. The summed E-state index contributed by atoms with van der Waals surface area (Å²) < 4.78 is 10.8. The summed E-state index contributed by atoms with van der Waals surface area (Å²) in [5, 5.41) is 11.8. The van der Waals surface area contributed by atoms with Gasteiger partial charge in [-0.1, -0.05) is 0 Å². The molecule has 9 nitrogen and oxygen atoms in total. The van der Waals surface area contributed by atoms with Crippen molar-refractivity contribution in [2.75, 3.05) is 13.1 Å². The Morgan fingerprint density at radius 2 is 1.96 bits per heavy atom. The van der Waals surface area contributed by atoms with Crippen molar-refractivity contribution in [3.05, 3.63) is 0 Å². The predicted octanol–water partition coefficient (Wildman–Crippen LogP) is 0.184. The number of carboxylic acid groups (broad SMARTS) is 1.